The van der Waals surface area contributed by atoms with Gasteiger partial charge in [-0.2, -0.15) is 0 Å². The molecule has 0 fully saturated rings. The van der Waals surface area contributed by atoms with Crippen molar-refractivity contribution in [1.82, 2.24) is 10.2 Å². The van der Waals surface area contributed by atoms with Crippen molar-refractivity contribution >= 4 is 27.5 Å². The lowest BCUT2D eigenvalue weighted by Crippen LogP contribution is -2.52. The molecule has 0 saturated heterocycles. The van der Waals surface area contributed by atoms with Crippen LogP contribution in [0.15, 0.2) is 78.9 Å². The fourth-order valence-corrected chi connectivity index (χ4v) is 5.62. The third-order valence-electron chi connectivity index (χ3n) is 7.40. The number of sulfonamides is 1. The molecule has 0 radical (unpaired) electrons. The van der Waals surface area contributed by atoms with Crippen molar-refractivity contribution in [1.29, 1.82) is 0 Å². The normalized spacial score (nSPS) is 12.8. The van der Waals surface area contributed by atoms with Crippen LogP contribution in [0.1, 0.15) is 55.4 Å². The van der Waals surface area contributed by atoms with Crippen molar-refractivity contribution in [2.45, 2.75) is 72.0 Å². The summed E-state index contributed by atoms with van der Waals surface area (Å²) in [5, 5.41) is 3.08. The molecule has 0 bridgehead atoms. The van der Waals surface area contributed by atoms with Crippen molar-refractivity contribution in [3.63, 3.8) is 0 Å². The van der Waals surface area contributed by atoms with Crippen LogP contribution in [-0.4, -0.2) is 50.0 Å². The SMILES string of the molecule is CC[C@@H](C)NC(=O)[C@@H](Cc1ccccc1)N(Cc1ccccc1)C(=O)CCCN(c1ccc(C)c(C)c1)S(C)(=O)=O. The van der Waals surface area contributed by atoms with Crippen LogP contribution in [0.5, 0.6) is 0 Å². The molecule has 0 heterocycles. The zero-order valence-corrected chi connectivity index (χ0v) is 25.7. The van der Waals surface area contributed by atoms with Crippen LogP contribution >= 0.6 is 0 Å². The van der Waals surface area contributed by atoms with Gasteiger partial charge in [0, 0.05) is 32.0 Å². The van der Waals surface area contributed by atoms with Gasteiger partial charge in [0.05, 0.1) is 11.9 Å². The summed E-state index contributed by atoms with van der Waals surface area (Å²) >= 11 is 0. The average molecular weight is 578 g/mol. The molecule has 0 aliphatic rings. The standard InChI is InChI=1S/C33H43N3O4S/c1-6-27(4)34-33(38)31(23-28-14-9-7-10-15-28)35(24-29-16-11-8-12-17-29)32(37)18-13-21-36(41(5,39)40)30-20-19-25(2)26(3)22-30/h7-12,14-17,19-20,22,27,31H,6,13,18,21,23-24H2,1-5H3,(H,34,38)/t27-,31-/m1/s1. The predicted octanol–water partition coefficient (Wildman–Crippen LogP) is 5.40. The number of nitrogens with one attached hydrogen (secondary N) is 1. The number of hydrogen-bond acceptors (Lipinski definition) is 4. The highest BCUT2D eigenvalue weighted by Gasteiger charge is 2.31. The van der Waals surface area contributed by atoms with Crippen LogP contribution in [-0.2, 0) is 32.6 Å². The highest BCUT2D eigenvalue weighted by molar-refractivity contribution is 7.92. The van der Waals surface area contributed by atoms with Gasteiger partial charge < -0.3 is 10.2 Å². The Hall–Kier alpha value is -3.65. The van der Waals surface area contributed by atoms with Crippen molar-refractivity contribution in [3.8, 4) is 0 Å². The van der Waals surface area contributed by atoms with E-state index in [0.29, 0.717) is 18.5 Å². The minimum atomic E-state index is -3.56. The fraction of sp³-hybridized carbons (Fsp3) is 0.394. The highest BCUT2D eigenvalue weighted by Crippen LogP contribution is 2.23. The van der Waals surface area contributed by atoms with Crippen molar-refractivity contribution in [3.05, 3.63) is 101 Å². The van der Waals surface area contributed by atoms with Crippen LogP contribution in [0.25, 0.3) is 0 Å². The Labute approximate surface area is 245 Å². The molecule has 2 atom stereocenters. The monoisotopic (exact) mass is 577 g/mol. The Bertz CT molecular complexity index is 1390. The Morgan fingerprint density at radius 1 is 0.878 bits per heavy atom. The van der Waals surface area contributed by atoms with Crippen LogP contribution in [0, 0.1) is 13.8 Å². The number of carbonyl (C=O) groups excluding carboxylic acids is 2. The van der Waals surface area contributed by atoms with Gasteiger partial charge in [0.15, 0.2) is 0 Å². The van der Waals surface area contributed by atoms with E-state index in [1.165, 1.54) is 10.6 Å². The summed E-state index contributed by atoms with van der Waals surface area (Å²) in [6.07, 6.45) is 2.75. The first-order valence-electron chi connectivity index (χ1n) is 14.2. The maximum absolute atomic E-state index is 13.9. The number of carbonyl (C=O) groups is 2. The van der Waals surface area contributed by atoms with Crippen molar-refractivity contribution in [2.75, 3.05) is 17.1 Å². The zero-order valence-electron chi connectivity index (χ0n) is 24.8. The summed E-state index contributed by atoms with van der Waals surface area (Å²) in [4.78, 5) is 29.2. The van der Waals surface area contributed by atoms with Gasteiger partial charge in [-0.3, -0.25) is 13.9 Å². The van der Waals surface area contributed by atoms with Gasteiger partial charge in [-0.05, 0) is 68.0 Å². The number of anilines is 1. The summed E-state index contributed by atoms with van der Waals surface area (Å²) in [6, 6.07) is 24.1. The second kappa shape index (κ2) is 14.8. The Morgan fingerprint density at radius 2 is 1.49 bits per heavy atom. The van der Waals surface area contributed by atoms with E-state index in [0.717, 1.165) is 28.7 Å². The molecule has 1 N–H and O–H groups in total. The number of benzene rings is 3. The topological polar surface area (TPSA) is 86.8 Å². The fourth-order valence-electron chi connectivity index (χ4n) is 4.66. The van der Waals surface area contributed by atoms with Gasteiger partial charge in [-0.25, -0.2) is 8.42 Å². The molecular formula is C33H43N3O4S. The third kappa shape index (κ3) is 9.46. The molecule has 220 valence electrons. The molecule has 8 heteroatoms. The molecule has 7 nitrogen and oxygen atoms in total. The van der Waals surface area contributed by atoms with E-state index in [2.05, 4.69) is 5.32 Å². The molecule has 0 unspecified atom stereocenters. The summed E-state index contributed by atoms with van der Waals surface area (Å²) in [5.74, 6) is -0.386. The molecule has 3 aromatic carbocycles. The van der Waals surface area contributed by atoms with E-state index in [1.807, 2.05) is 100 Å². The number of hydrogen-bond donors (Lipinski definition) is 1. The van der Waals surface area contributed by atoms with Gasteiger partial charge in [0.25, 0.3) is 0 Å². The van der Waals surface area contributed by atoms with Gasteiger partial charge in [0.2, 0.25) is 21.8 Å². The highest BCUT2D eigenvalue weighted by atomic mass is 32.2. The molecule has 2 amide bonds. The molecule has 41 heavy (non-hydrogen) atoms. The van der Waals surface area contributed by atoms with Crippen molar-refractivity contribution in [2.24, 2.45) is 0 Å². The summed E-state index contributed by atoms with van der Waals surface area (Å²) in [6.45, 7) is 8.32. The van der Waals surface area contributed by atoms with Gasteiger partial charge in [-0.15, -0.1) is 0 Å². The summed E-state index contributed by atoms with van der Waals surface area (Å²) in [5.41, 5.74) is 4.54. The van der Waals surface area contributed by atoms with Crippen LogP contribution in [0.4, 0.5) is 5.69 Å². The molecule has 3 rings (SSSR count). The molecular weight excluding hydrogens is 534 g/mol. The maximum Gasteiger partial charge on any atom is 0.243 e. The number of rotatable bonds is 14. The molecule has 0 saturated carbocycles. The minimum Gasteiger partial charge on any atom is -0.352 e. The Balaban J connectivity index is 1.87. The van der Waals surface area contributed by atoms with Crippen LogP contribution in [0.3, 0.4) is 0 Å². The van der Waals surface area contributed by atoms with Gasteiger partial charge in [0.1, 0.15) is 6.04 Å². The lowest BCUT2D eigenvalue weighted by atomic mass is 10.0. The van der Waals surface area contributed by atoms with Crippen LogP contribution in [0.2, 0.25) is 0 Å². The van der Waals surface area contributed by atoms with Gasteiger partial charge >= 0.3 is 0 Å². The second-order valence-electron chi connectivity index (χ2n) is 10.7. The van der Waals surface area contributed by atoms with Crippen molar-refractivity contribution < 1.29 is 18.0 Å². The lowest BCUT2D eigenvalue weighted by molar-refractivity contribution is -0.141. The van der Waals surface area contributed by atoms with E-state index in [4.69, 9.17) is 0 Å². The number of amides is 2. The molecule has 3 aromatic rings. The quantitative estimate of drug-likeness (QED) is 0.278. The first kappa shape index (κ1) is 31.9. The number of aryl methyl sites for hydroxylation is 2. The van der Waals surface area contributed by atoms with Gasteiger partial charge in [-0.1, -0.05) is 73.7 Å². The summed E-state index contributed by atoms with van der Waals surface area (Å²) in [7, 11) is -3.56. The maximum atomic E-state index is 13.9. The Morgan fingerprint density at radius 3 is 2.05 bits per heavy atom. The summed E-state index contributed by atoms with van der Waals surface area (Å²) < 4.78 is 26.7. The predicted molar refractivity (Wildman–Crippen MR) is 166 cm³/mol. The molecule has 0 aromatic heterocycles. The third-order valence-corrected chi connectivity index (χ3v) is 8.59. The second-order valence-corrected chi connectivity index (χ2v) is 12.6. The largest absolute Gasteiger partial charge is 0.352 e. The molecule has 0 aliphatic carbocycles. The van der Waals surface area contributed by atoms with E-state index in [1.54, 1.807) is 11.0 Å². The van der Waals surface area contributed by atoms with Crippen LogP contribution < -0.4 is 9.62 Å². The van der Waals surface area contributed by atoms with E-state index in [9.17, 15) is 18.0 Å². The number of nitrogens with zero attached hydrogens (tertiary/aromatic N) is 2. The first-order valence-corrected chi connectivity index (χ1v) is 16.1. The zero-order chi connectivity index (χ0) is 30.0. The Kier molecular flexibility index (Phi) is 11.5. The molecule has 0 spiro atoms. The lowest BCUT2D eigenvalue weighted by Gasteiger charge is -2.32. The molecule has 0 aliphatic heterocycles. The minimum absolute atomic E-state index is 0.0317. The van der Waals surface area contributed by atoms with E-state index in [-0.39, 0.29) is 37.4 Å². The smallest absolute Gasteiger partial charge is 0.243 e. The van der Waals surface area contributed by atoms with E-state index < -0.39 is 16.1 Å². The average Bonchev–Trinajstić information content (AvgIpc) is 2.94. The van der Waals surface area contributed by atoms with E-state index >= 15 is 0 Å². The first-order chi connectivity index (χ1) is 19.5.